The Morgan fingerprint density at radius 2 is 1.92 bits per heavy atom. The quantitative estimate of drug-likeness (QED) is 0.741. The normalized spacial score (nSPS) is 19.0. The van der Waals surface area contributed by atoms with Gasteiger partial charge in [-0.3, -0.25) is 9.69 Å². The monoisotopic (exact) mass is 380 g/mol. The SMILES string of the molecule is Cc1cccc(N2CCN(CCCNC(=O)C3CCNCC3)CC2)c1.Cl. The average molecular weight is 381 g/mol. The van der Waals surface area contributed by atoms with Gasteiger partial charge in [0.05, 0.1) is 0 Å². The molecule has 0 aromatic heterocycles. The molecule has 1 aromatic carbocycles. The van der Waals surface area contributed by atoms with Crippen molar-refractivity contribution >= 4 is 24.0 Å². The van der Waals surface area contributed by atoms with Gasteiger partial charge >= 0.3 is 0 Å². The van der Waals surface area contributed by atoms with Gasteiger partial charge in [0.15, 0.2) is 0 Å². The molecule has 0 unspecified atom stereocenters. The Balaban J connectivity index is 0.00000243. The number of nitrogens with zero attached hydrogens (tertiary/aromatic N) is 2. The molecule has 2 heterocycles. The zero-order valence-corrected chi connectivity index (χ0v) is 16.7. The van der Waals surface area contributed by atoms with E-state index in [1.807, 2.05) is 0 Å². The Labute approximate surface area is 163 Å². The summed E-state index contributed by atoms with van der Waals surface area (Å²) in [6.45, 7) is 10.4. The summed E-state index contributed by atoms with van der Waals surface area (Å²) in [4.78, 5) is 17.1. The van der Waals surface area contributed by atoms with Gasteiger partial charge in [-0.2, -0.15) is 0 Å². The lowest BCUT2D eigenvalue weighted by Gasteiger charge is -2.36. The minimum atomic E-state index is 0. The average Bonchev–Trinajstić information content (AvgIpc) is 2.66. The third-order valence-corrected chi connectivity index (χ3v) is 5.40. The topological polar surface area (TPSA) is 47.6 Å². The van der Waals surface area contributed by atoms with Crippen molar-refractivity contribution in [2.75, 3.05) is 57.3 Å². The fraction of sp³-hybridized carbons (Fsp3) is 0.650. The van der Waals surface area contributed by atoms with Crippen LogP contribution in [0.2, 0.25) is 0 Å². The number of carbonyl (C=O) groups excluding carboxylic acids is 1. The third-order valence-electron chi connectivity index (χ3n) is 5.40. The van der Waals surface area contributed by atoms with E-state index in [2.05, 4.69) is 51.6 Å². The van der Waals surface area contributed by atoms with E-state index in [1.165, 1.54) is 11.3 Å². The van der Waals surface area contributed by atoms with Crippen LogP contribution in [0, 0.1) is 12.8 Å². The van der Waals surface area contributed by atoms with Crippen molar-refractivity contribution in [3.63, 3.8) is 0 Å². The minimum Gasteiger partial charge on any atom is -0.369 e. The third kappa shape index (κ3) is 6.15. The first-order valence-electron chi connectivity index (χ1n) is 9.75. The van der Waals surface area contributed by atoms with E-state index in [9.17, 15) is 4.79 Å². The van der Waals surface area contributed by atoms with Gasteiger partial charge in [-0.05, 0) is 63.5 Å². The number of hydrogen-bond acceptors (Lipinski definition) is 4. The highest BCUT2D eigenvalue weighted by atomic mass is 35.5. The summed E-state index contributed by atoms with van der Waals surface area (Å²) in [6.07, 6.45) is 3.00. The Morgan fingerprint density at radius 1 is 1.19 bits per heavy atom. The van der Waals surface area contributed by atoms with Crippen LogP contribution in [-0.2, 0) is 4.79 Å². The van der Waals surface area contributed by atoms with E-state index in [0.29, 0.717) is 0 Å². The van der Waals surface area contributed by atoms with E-state index in [4.69, 9.17) is 0 Å². The number of aryl methyl sites for hydroxylation is 1. The summed E-state index contributed by atoms with van der Waals surface area (Å²) in [5.41, 5.74) is 2.67. The Hall–Kier alpha value is -1.30. The number of hydrogen-bond donors (Lipinski definition) is 2. The maximum absolute atomic E-state index is 12.1. The van der Waals surface area contributed by atoms with Gasteiger partial charge in [-0.1, -0.05) is 12.1 Å². The predicted octanol–water partition coefficient (Wildman–Crippen LogP) is 2.04. The first-order valence-corrected chi connectivity index (χ1v) is 9.75. The smallest absolute Gasteiger partial charge is 0.223 e. The molecule has 6 heteroatoms. The van der Waals surface area contributed by atoms with Crippen LogP contribution in [0.4, 0.5) is 5.69 Å². The molecule has 0 saturated carbocycles. The van der Waals surface area contributed by atoms with Crippen LogP contribution in [0.25, 0.3) is 0 Å². The molecule has 2 saturated heterocycles. The highest BCUT2D eigenvalue weighted by molar-refractivity contribution is 5.85. The highest BCUT2D eigenvalue weighted by Gasteiger charge is 2.20. The molecule has 26 heavy (non-hydrogen) atoms. The maximum Gasteiger partial charge on any atom is 0.223 e. The van der Waals surface area contributed by atoms with Crippen LogP contribution in [0.15, 0.2) is 24.3 Å². The Bertz CT molecular complexity index is 554. The van der Waals surface area contributed by atoms with Crippen LogP contribution in [0.5, 0.6) is 0 Å². The van der Waals surface area contributed by atoms with E-state index < -0.39 is 0 Å². The standard InChI is InChI=1S/C20H32N4O.ClH/c1-17-4-2-5-19(16-17)24-14-12-23(13-15-24)11-3-8-22-20(25)18-6-9-21-10-7-18;/h2,4-5,16,18,21H,3,6-15H2,1H3,(H,22,25);1H. The summed E-state index contributed by atoms with van der Waals surface area (Å²) >= 11 is 0. The molecular weight excluding hydrogens is 348 g/mol. The lowest BCUT2D eigenvalue weighted by atomic mass is 9.97. The summed E-state index contributed by atoms with van der Waals surface area (Å²) < 4.78 is 0. The second-order valence-electron chi connectivity index (χ2n) is 7.34. The van der Waals surface area contributed by atoms with E-state index >= 15 is 0 Å². The molecule has 2 fully saturated rings. The fourth-order valence-corrected chi connectivity index (χ4v) is 3.80. The molecule has 3 rings (SSSR count). The van der Waals surface area contributed by atoms with E-state index in [0.717, 1.165) is 71.6 Å². The zero-order chi connectivity index (χ0) is 17.5. The number of carbonyl (C=O) groups is 1. The van der Waals surface area contributed by atoms with Gasteiger partial charge in [0.1, 0.15) is 0 Å². The number of piperidine rings is 1. The van der Waals surface area contributed by atoms with Gasteiger partial charge in [0.2, 0.25) is 5.91 Å². The minimum absolute atomic E-state index is 0. The van der Waals surface area contributed by atoms with Crippen LogP contribution in [-0.4, -0.2) is 63.2 Å². The number of amides is 1. The lowest BCUT2D eigenvalue weighted by Crippen LogP contribution is -2.47. The van der Waals surface area contributed by atoms with Gasteiger partial charge in [-0.15, -0.1) is 12.4 Å². The molecule has 0 bridgehead atoms. The van der Waals surface area contributed by atoms with Crippen molar-refractivity contribution in [2.45, 2.75) is 26.2 Å². The number of nitrogens with one attached hydrogen (secondary N) is 2. The molecule has 1 amide bonds. The van der Waals surface area contributed by atoms with Gasteiger partial charge < -0.3 is 15.5 Å². The van der Waals surface area contributed by atoms with Crippen molar-refractivity contribution in [3.05, 3.63) is 29.8 Å². The summed E-state index contributed by atoms with van der Waals surface area (Å²) in [7, 11) is 0. The molecule has 0 aliphatic carbocycles. The first kappa shape index (κ1) is 21.0. The molecule has 0 spiro atoms. The Morgan fingerprint density at radius 3 is 2.62 bits per heavy atom. The van der Waals surface area contributed by atoms with Gasteiger partial charge in [0.25, 0.3) is 0 Å². The number of rotatable bonds is 6. The molecule has 2 aliphatic heterocycles. The predicted molar refractivity (Wildman–Crippen MR) is 110 cm³/mol. The van der Waals surface area contributed by atoms with Crippen molar-refractivity contribution in [1.29, 1.82) is 0 Å². The van der Waals surface area contributed by atoms with Crippen LogP contribution in [0.3, 0.4) is 0 Å². The number of benzene rings is 1. The maximum atomic E-state index is 12.1. The molecule has 0 atom stereocenters. The molecule has 1 aromatic rings. The largest absolute Gasteiger partial charge is 0.369 e. The zero-order valence-electron chi connectivity index (χ0n) is 15.9. The highest BCUT2D eigenvalue weighted by Crippen LogP contribution is 2.17. The van der Waals surface area contributed by atoms with Crippen molar-refractivity contribution in [1.82, 2.24) is 15.5 Å². The number of piperazine rings is 1. The molecule has 146 valence electrons. The van der Waals surface area contributed by atoms with E-state index in [1.54, 1.807) is 0 Å². The van der Waals surface area contributed by atoms with Crippen molar-refractivity contribution < 1.29 is 4.79 Å². The second-order valence-corrected chi connectivity index (χ2v) is 7.34. The summed E-state index contributed by atoms with van der Waals surface area (Å²) in [6, 6.07) is 8.77. The van der Waals surface area contributed by atoms with Crippen LogP contribution >= 0.6 is 12.4 Å². The summed E-state index contributed by atoms with van der Waals surface area (Å²) in [5, 5.41) is 6.44. The van der Waals surface area contributed by atoms with Crippen molar-refractivity contribution in [2.24, 2.45) is 5.92 Å². The van der Waals surface area contributed by atoms with E-state index in [-0.39, 0.29) is 24.2 Å². The lowest BCUT2D eigenvalue weighted by molar-refractivity contribution is -0.125. The van der Waals surface area contributed by atoms with Crippen LogP contribution in [0.1, 0.15) is 24.8 Å². The van der Waals surface area contributed by atoms with Crippen LogP contribution < -0.4 is 15.5 Å². The second kappa shape index (κ2) is 10.8. The first-order chi connectivity index (χ1) is 12.2. The number of halogens is 1. The number of anilines is 1. The molecular formula is C20H33ClN4O. The summed E-state index contributed by atoms with van der Waals surface area (Å²) in [5.74, 6) is 0.477. The van der Waals surface area contributed by atoms with Gasteiger partial charge in [0, 0.05) is 44.3 Å². The Kier molecular flexibility index (Phi) is 8.69. The fourth-order valence-electron chi connectivity index (χ4n) is 3.80. The molecule has 2 N–H and O–H groups in total. The molecule has 5 nitrogen and oxygen atoms in total. The molecule has 2 aliphatic rings. The van der Waals surface area contributed by atoms with Crippen molar-refractivity contribution in [3.8, 4) is 0 Å². The van der Waals surface area contributed by atoms with Gasteiger partial charge in [-0.25, -0.2) is 0 Å². The molecule has 0 radical (unpaired) electrons.